The van der Waals surface area contributed by atoms with E-state index in [9.17, 15) is 27.8 Å². The van der Waals surface area contributed by atoms with Crippen molar-refractivity contribution < 1.29 is 27.8 Å². The highest BCUT2D eigenvalue weighted by molar-refractivity contribution is 5.91. The highest BCUT2D eigenvalue weighted by atomic mass is 19.4. The first-order valence-corrected chi connectivity index (χ1v) is 9.65. The molecule has 0 unspecified atom stereocenters. The lowest BCUT2D eigenvalue weighted by Gasteiger charge is -2.49. The van der Waals surface area contributed by atoms with Crippen LogP contribution in [0.25, 0.3) is 10.9 Å². The number of phenolic OH excluding ortho intramolecular Hbond substituents is 1. The Morgan fingerprint density at radius 3 is 2.55 bits per heavy atom. The lowest BCUT2D eigenvalue weighted by molar-refractivity contribution is -0.276. The molecule has 164 valence electrons. The minimum Gasteiger partial charge on any atom is -0.505 e. The number of hydrogen-bond acceptors (Lipinski definition) is 5. The number of hydrogen-bond donors (Lipinski definition) is 3. The summed E-state index contributed by atoms with van der Waals surface area (Å²) in [5, 5.41) is 24.6. The zero-order chi connectivity index (χ0) is 22.8. The third-order valence-electron chi connectivity index (χ3n) is 5.87. The Bertz CT molecular complexity index is 1180. The normalized spacial score (nSPS) is 22.9. The number of alkyl halides is 3. The Morgan fingerprint density at radius 1 is 1.16 bits per heavy atom. The van der Waals surface area contributed by atoms with E-state index in [1.807, 2.05) is 0 Å². The van der Waals surface area contributed by atoms with E-state index in [0.717, 1.165) is 6.07 Å². The van der Waals surface area contributed by atoms with Crippen LogP contribution < -0.4 is 5.32 Å². The van der Waals surface area contributed by atoms with Crippen LogP contribution in [0.1, 0.15) is 43.3 Å². The molecule has 0 spiro atoms. The fourth-order valence-corrected chi connectivity index (χ4v) is 4.54. The third-order valence-corrected chi connectivity index (χ3v) is 5.87. The molecule has 2 atom stereocenters. The van der Waals surface area contributed by atoms with E-state index >= 15 is 0 Å². The molecule has 1 aliphatic rings. The van der Waals surface area contributed by atoms with Crippen LogP contribution in [0.4, 0.5) is 23.2 Å². The average molecular weight is 435 g/mol. The number of aromatic hydroxyl groups is 1. The second kappa shape index (κ2) is 6.78. The van der Waals surface area contributed by atoms with E-state index < -0.39 is 41.2 Å². The van der Waals surface area contributed by atoms with Gasteiger partial charge in [0.1, 0.15) is 5.82 Å². The van der Waals surface area contributed by atoms with E-state index in [0.29, 0.717) is 16.7 Å². The van der Waals surface area contributed by atoms with E-state index in [1.165, 1.54) is 26.1 Å². The van der Waals surface area contributed by atoms with Gasteiger partial charge in [-0.2, -0.15) is 13.2 Å². The molecule has 1 aromatic heterocycles. The summed E-state index contributed by atoms with van der Waals surface area (Å²) in [5.74, 6) is -1.14. The Labute approximate surface area is 175 Å². The van der Waals surface area contributed by atoms with Crippen LogP contribution in [-0.4, -0.2) is 32.0 Å². The quantitative estimate of drug-likeness (QED) is 0.499. The zero-order valence-corrected chi connectivity index (χ0v) is 17.0. The van der Waals surface area contributed by atoms with Crippen LogP contribution in [0.15, 0.2) is 36.5 Å². The highest BCUT2D eigenvalue weighted by Gasteiger charge is 2.64. The lowest BCUT2D eigenvalue weighted by atomic mass is 9.63. The number of fused-ring (bicyclic) bond motifs is 2. The second-order valence-corrected chi connectivity index (χ2v) is 8.58. The van der Waals surface area contributed by atoms with E-state index in [1.54, 1.807) is 25.1 Å². The molecule has 1 heterocycles. The number of nitrogens with one attached hydrogen (secondary N) is 1. The molecule has 1 aliphatic carbocycles. The van der Waals surface area contributed by atoms with E-state index in [2.05, 4.69) is 15.3 Å². The van der Waals surface area contributed by atoms with E-state index in [4.69, 9.17) is 0 Å². The van der Waals surface area contributed by atoms with Crippen molar-refractivity contribution in [3.8, 4) is 5.75 Å². The molecule has 0 bridgehead atoms. The standard InChI is InChI=1S/C22H21F4N3O2/c1-11-27-9-13-15(28-11)5-4-6-16(13)29-19-12-7-8-14(23)18(30)17(12)20(2,3)10-21(19,31)22(24,25)26/h4-9,19,29-31H,10H2,1-3H3/t19-,21-/m1/s1. The zero-order valence-electron chi connectivity index (χ0n) is 17.0. The average Bonchev–Trinajstić information content (AvgIpc) is 2.65. The van der Waals surface area contributed by atoms with Gasteiger partial charge in [-0.25, -0.2) is 14.4 Å². The topological polar surface area (TPSA) is 78.3 Å². The summed E-state index contributed by atoms with van der Waals surface area (Å²) in [5.41, 5.74) is -3.72. The van der Waals surface area contributed by atoms with Gasteiger partial charge in [-0.3, -0.25) is 0 Å². The summed E-state index contributed by atoms with van der Waals surface area (Å²) < 4.78 is 56.7. The molecule has 0 aliphatic heterocycles. The molecular formula is C22H21F4N3O2. The van der Waals surface area contributed by atoms with Gasteiger partial charge < -0.3 is 15.5 Å². The van der Waals surface area contributed by atoms with Crippen molar-refractivity contribution in [1.29, 1.82) is 0 Å². The van der Waals surface area contributed by atoms with Gasteiger partial charge in [0.05, 0.1) is 11.6 Å². The van der Waals surface area contributed by atoms with Gasteiger partial charge >= 0.3 is 6.18 Å². The first kappa shape index (κ1) is 21.3. The van der Waals surface area contributed by atoms with Crippen LogP contribution in [0, 0.1) is 12.7 Å². The number of aryl methyl sites for hydroxylation is 1. The summed E-state index contributed by atoms with van der Waals surface area (Å²) in [6, 6.07) is 5.25. The van der Waals surface area contributed by atoms with Gasteiger partial charge in [-0.05, 0) is 42.5 Å². The van der Waals surface area contributed by atoms with Gasteiger partial charge in [0, 0.05) is 22.8 Å². The maximum Gasteiger partial charge on any atom is 0.419 e. The van der Waals surface area contributed by atoms with Crippen molar-refractivity contribution in [2.75, 3.05) is 5.32 Å². The number of anilines is 1. The molecule has 31 heavy (non-hydrogen) atoms. The molecule has 0 radical (unpaired) electrons. The first-order valence-electron chi connectivity index (χ1n) is 9.65. The summed E-state index contributed by atoms with van der Waals surface area (Å²) in [7, 11) is 0. The molecule has 9 heteroatoms. The van der Waals surface area contributed by atoms with Crippen molar-refractivity contribution >= 4 is 16.6 Å². The Kier molecular flexibility index (Phi) is 4.66. The fraction of sp³-hybridized carbons (Fsp3) is 0.364. The molecule has 0 amide bonds. The number of nitrogens with zero attached hydrogens (tertiary/aromatic N) is 2. The number of halogens is 4. The van der Waals surface area contributed by atoms with E-state index in [-0.39, 0.29) is 16.8 Å². The Morgan fingerprint density at radius 2 is 1.87 bits per heavy atom. The lowest BCUT2D eigenvalue weighted by Crippen LogP contribution is -2.58. The maximum atomic E-state index is 14.2. The fourth-order valence-electron chi connectivity index (χ4n) is 4.54. The number of aromatic nitrogens is 2. The molecule has 3 aromatic rings. The Balaban J connectivity index is 1.95. The van der Waals surface area contributed by atoms with Crippen molar-refractivity contribution in [3.05, 3.63) is 59.3 Å². The molecule has 2 aromatic carbocycles. The van der Waals surface area contributed by atoms with Crippen molar-refractivity contribution in [1.82, 2.24) is 9.97 Å². The summed E-state index contributed by atoms with van der Waals surface area (Å²) in [4.78, 5) is 8.40. The third kappa shape index (κ3) is 3.27. The van der Waals surface area contributed by atoms with Crippen molar-refractivity contribution in [2.45, 2.75) is 50.4 Å². The van der Waals surface area contributed by atoms with Crippen LogP contribution >= 0.6 is 0 Å². The molecule has 3 N–H and O–H groups in total. The summed E-state index contributed by atoms with van der Waals surface area (Å²) >= 11 is 0. The number of rotatable bonds is 2. The second-order valence-electron chi connectivity index (χ2n) is 8.58. The van der Waals surface area contributed by atoms with Crippen LogP contribution in [-0.2, 0) is 5.41 Å². The van der Waals surface area contributed by atoms with Crippen LogP contribution in [0.2, 0.25) is 0 Å². The monoisotopic (exact) mass is 435 g/mol. The number of benzene rings is 2. The first-order chi connectivity index (χ1) is 14.3. The predicted octanol–water partition coefficient (Wildman–Crippen LogP) is 4.91. The SMILES string of the molecule is Cc1ncc2c(N[C@@H]3c4ccc(F)c(O)c4C(C)(C)C[C@]3(O)C(F)(F)F)cccc2n1. The maximum absolute atomic E-state index is 14.2. The van der Waals surface area contributed by atoms with Gasteiger partial charge in [-0.1, -0.05) is 26.0 Å². The number of aliphatic hydroxyl groups is 1. The largest absolute Gasteiger partial charge is 0.505 e. The van der Waals surface area contributed by atoms with Crippen molar-refractivity contribution in [2.24, 2.45) is 0 Å². The number of phenols is 1. The predicted molar refractivity (Wildman–Crippen MR) is 107 cm³/mol. The molecule has 0 fully saturated rings. The molecule has 4 rings (SSSR count). The van der Waals surface area contributed by atoms with Gasteiger partial charge in [0.25, 0.3) is 0 Å². The minimum atomic E-state index is -5.00. The molecule has 0 saturated carbocycles. The molecular weight excluding hydrogens is 414 g/mol. The van der Waals surface area contributed by atoms with Crippen LogP contribution in [0.3, 0.4) is 0 Å². The smallest absolute Gasteiger partial charge is 0.419 e. The van der Waals surface area contributed by atoms with Gasteiger partial charge in [0.15, 0.2) is 17.2 Å². The summed E-state index contributed by atoms with van der Waals surface area (Å²) in [6.45, 7) is 4.57. The minimum absolute atomic E-state index is 0.0278. The summed E-state index contributed by atoms with van der Waals surface area (Å²) in [6.07, 6.45) is -4.28. The van der Waals surface area contributed by atoms with Crippen molar-refractivity contribution in [3.63, 3.8) is 0 Å². The molecule has 0 saturated heterocycles. The Hall–Kier alpha value is -2.94. The molecule has 5 nitrogen and oxygen atoms in total. The highest BCUT2D eigenvalue weighted by Crippen LogP contribution is 2.56. The van der Waals surface area contributed by atoms with Gasteiger partial charge in [-0.15, -0.1) is 0 Å². The van der Waals surface area contributed by atoms with Crippen LogP contribution in [0.5, 0.6) is 5.75 Å². The van der Waals surface area contributed by atoms with Gasteiger partial charge in [0.2, 0.25) is 0 Å².